The van der Waals surface area contributed by atoms with Gasteiger partial charge in [-0.3, -0.25) is 0 Å². The normalized spacial score (nSPS) is 24.4. The standard InChI is InChI=1S/C18H20FNO/c1-12-11-17(21-14-9-7-13(19)8-10-14)18(20-2)16-6-4-3-5-15(12)16/h3-10,12,17-18,20H,11H2,1-2H3. The molecule has 2 aromatic carbocycles. The molecule has 3 atom stereocenters. The van der Waals surface area contributed by atoms with Gasteiger partial charge in [0, 0.05) is 0 Å². The fourth-order valence-corrected chi connectivity index (χ4v) is 3.20. The lowest BCUT2D eigenvalue weighted by Crippen LogP contribution is -2.38. The van der Waals surface area contributed by atoms with Gasteiger partial charge in [-0.25, -0.2) is 4.39 Å². The average molecular weight is 285 g/mol. The number of halogens is 1. The van der Waals surface area contributed by atoms with Crippen LogP contribution in [0.1, 0.15) is 36.4 Å². The first kappa shape index (κ1) is 14.1. The van der Waals surface area contributed by atoms with E-state index in [0.29, 0.717) is 11.7 Å². The van der Waals surface area contributed by atoms with Gasteiger partial charge >= 0.3 is 0 Å². The van der Waals surface area contributed by atoms with Crippen molar-refractivity contribution in [2.45, 2.75) is 31.4 Å². The molecular weight excluding hydrogens is 265 g/mol. The SMILES string of the molecule is CNC1c2ccccc2C(C)CC1Oc1ccc(F)cc1. The van der Waals surface area contributed by atoms with Gasteiger partial charge in [0.1, 0.15) is 17.7 Å². The monoisotopic (exact) mass is 285 g/mol. The van der Waals surface area contributed by atoms with Crippen LogP contribution in [-0.4, -0.2) is 13.2 Å². The van der Waals surface area contributed by atoms with Crippen molar-refractivity contribution in [3.05, 3.63) is 65.5 Å². The second-order valence-electron chi connectivity index (χ2n) is 5.64. The number of benzene rings is 2. The third-order valence-electron chi connectivity index (χ3n) is 4.23. The fraction of sp³-hybridized carbons (Fsp3) is 0.333. The summed E-state index contributed by atoms with van der Waals surface area (Å²) in [6, 6.07) is 14.9. The molecule has 0 aromatic heterocycles. The Morgan fingerprint density at radius 2 is 1.71 bits per heavy atom. The van der Waals surface area contributed by atoms with Crippen LogP contribution in [0.3, 0.4) is 0 Å². The van der Waals surface area contributed by atoms with E-state index in [-0.39, 0.29) is 18.0 Å². The van der Waals surface area contributed by atoms with E-state index in [1.54, 1.807) is 12.1 Å². The van der Waals surface area contributed by atoms with Crippen LogP contribution in [0.15, 0.2) is 48.5 Å². The molecule has 0 bridgehead atoms. The highest BCUT2D eigenvalue weighted by molar-refractivity contribution is 5.37. The van der Waals surface area contributed by atoms with E-state index < -0.39 is 0 Å². The molecule has 3 heteroatoms. The van der Waals surface area contributed by atoms with Crippen molar-refractivity contribution in [3.8, 4) is 5.75 Å². The summed E-state index contributed by atoms with van der Waals surface area (Å²) < 4.78 is 19.1. The minimum Gasteiger partial charge on any atom is -0.488 e. The fourth-order valence-electron chi connectivity index (χ4n) is 3.20. The van der Waals surface area contributed by atoms with E-state index in [1.165, 1.54) is 23.3 Å². The van der Waals surface area contributed by atoms with Crippen LogP contribution in [0.4, 0.5) is 4.39 Å². The molecule has 1 aliphatic carbocycles. The minimum absolute atomic E-state index is 0.0466. The van der Waals surface area contributed by atoms with Gasteiger partial charge in [0.25, 0.3) is 0 Å². The summed E-state index contributed by atoms with van der Waals surface area (Å²) in [6.45, 7) is 2.23. The number of hydrogen-bond donors (Lipinski definition) is 1. The molecule has 2 aromatic rings. The Bertz CT molecular complexity index is 611. The predicted octanol–water partition coefficient (Wildman–Crippen LogP) is 4.04. The third kappa shape index (κ3) is 2.79. The van der Waals surface area contributed by atoms with Gasteiger partial charge in [0.05, 0.1) is 6.04 Å². The minimum atomic E-state index is -0.241. The van der Waals surface area contributed by atoms with Gasteiger partial charge in [-0.15, -0.1) is 0 Å². The molecule has 0 saturated carbocycles. The van der Waals surface area contributed by atoms with Crippen LogP contribution in [-0.2, 0) is 0 Å². The van der Waals surface area contributed by atoms with Crippen molar-refractivity contribution in [1.82, 2.24) is 5.32 Å². The molecule has 0 saturated heterocycles. The summed E-state index contributed by atoms with van der Waals surface area (Å²) in [7, 11) is 1.96. The van der Waals surface area contributed by atoms with Gasteiger partial charge in [0.2, 0.25) is 0 Å². The number of likely N-dealkylation sites (N-methyl/N-ethyl adjacent to an activating group) is 1. The zero-order valence-corrected chi connectivity index (χ0v) is 12.3. The highest BCUT2D eigenvalue weighted by Crippen LogP contribution is 2.38. The Balaban J connectivity index is 1.87. The van der Waals surface area contributed by atoms with Gasteiger partial charge in [-0.2, -0.15) is 0 Å². The van der Waals surface area contributed by atoms with Crippen LogP contribution in [0, 0.1) is 5.82 Å². The molecule has 3 rings (SSSR count). The van der Waals surface area contributed by atoms with Gasteiger partial charge in [-0.1, -0.05) is 31.2 Å². The number of ether oxygens (including phenoxy) is 1. The van der Waals surface area contributed by atoms with E-state index in [4.69, 9.17) is 4.74 Å². The molecule has 2 nitrogen and oxygen atoms in total. The molecule has 0 radical (unpaired) electrons. The molecular formula is C18H20FNO. The zero-order chi connectivity index (χ0) is 14.8. The molecule has 0 fully saturated rings. The van der Waals surface area contributed by atoms with Crippen molar-refractivity contribution in [2.75, 3.05) is 7.05 Å². The number of nitrogens with one attached hydrogen (secondary N) is 1. The predicted molar refractivity (Wildman–Crippen MR) is 82.1 cm³/mol. The van der Waals surface area contributed by atoms with Crippen molar-refractivity contribution in [2.24, 2.45) is 0 Å². The van der Waals surface area contributed by atoms with Gasteiger partial charge < -0.3 is 10.1 Å². The Labute approximate surface area is 125 Å². The van der Waals surface area contributed by atoms with E-state index in [0.717, 1.165) is 6.42 Å². The van der Waals surface area contributed by atoms with Crippen molar-refractivity contribution in [3.63, 3.8) is 0 Å². The summed E-state index contributed by atoms with van der Waals surface area (Å²) in [6.07, 6.45) is 0.991. The molecule has 0 amide bonds. The average Bonchev–Trinajstić information content (AvgIpc) is 2.50. The van der Waals surface area contributed by atoms with Crippen LogP contribution in [0.25, 0.3) is 0 Å². The third-order valence-corrected chi connectivity index (χ3v) is 4.23. The maximum Gasteiger partial charge on any atom is 0.123 e. The van der Waals surface area contributed by atoms with Crippen LogP contribution in [0.5, 0.6) is 5.75 Å². The first-order chi connectivity index (χ1) is 10.2. The Morgan fingerprint density at radius 1 is 1.05 bits per heavy atom. The van der Waals surface area contributed by atoms with E-state index >= 15 is 0 Å². The molecule has 1 aliphatic rings. The molecule has 0 aliphatic heterocycles. The first-order valence-electron chi connectivity index (χ1n) is 7.37. The van der Waals surface area contributed by atoms with E-state index in [9.17, 15) is 4.39 Å². The molecule has 1 N–H and O–H groups in total. The highest BCUT2D eigenvalue weighted by Gasteiger charge is 2.33. The molecule has 0 spiro atoms. The second kappa shape index (κ2) is 5.86. The van der Waals surface area contributed by atoms with Crippen molar-refractivity contribution in [1.29, 1.82) is 0 Å². The Kier molecular flexibility index (Phi) is 3.93. The molecule has 110 valence electrons. The lowest BCUT2D eigenvalue weighted by molar-refractivity contribution is 0.130. The first-order valence-corrected chi connectivity index (χ1v) is 7.37. The van der Waals surface area contributed by atoms with Crippen LogP contribution in [0.2, 0.25) is 0 Å². The maximum atomic E-state index is 13.0. The second-order valence-corrected chi connectivity index (χ2v) is 5.64. The summed E-state index contributed by atoms with van der Waals surface area (Å²) >= 11 is 0. The summed E-state index contributed by atoms with van der Waals surface area (Å²) in [4.78, 5) is 0. The van der Waals surface area contributed by atoms with Crippen molar-refractivity contribution >= 4 is 0 Å². The van der Waals surface area contributed by atoms with E-state index in [1.807, 2.05) is 7.05 Å². The lowest BCUT2D eigenvalue weighted by atomic mass is 9.79. The van der Waals surface area contributed by atoms with E-state index in [2.05, 4.69) is 36.5 Å². The largest absolute Gasteiger partial charge is 0.488 e. The summed E-state index contributed by atoms with van der Waals surface area (Å²) in [5, 5.41) is 3.36. The molecule has 21 heavy (non-hydrogen) atoms. The van der Waals surface area contributed by atoms with Crippen molar-refractivity contribution < 1.29 is 9.13 Å². The van der Waals surface area contributed by atoms with Crippen LogP contribution >= 0.6 is 0 Å². The van der Waals surface area contributed by atoms with Crippen LogP contribution < -0.4 is 10.1 Å². The summed E-state index contributed by atoms with van der Waals surface area (Å²) in [5.41, 5.74) is 2.68. The quantitative estimate of drug-likeness (QED) is 0.919. The molecule has 0 heterocycles. The number of rotatable bonds is 3. The van der Waals surface area contributed by atoms with Gasteiger partial charge in [-0.05, 0) is 54.8 Å². The Hall–Kier alpha value is -1.87. The molecule has 3 unspecified atom stereocenters. The maximum absolute atomic E-state index is 13.0. The number of fused-ring (bicyclic) bond motifs is 1. The highest BCUT2D eigenvalue weighted by atomic mass is 19.1. The van der Waals surface area contributed by atoms with Gasteiger partial charge in [0.15, 0.2) is 0 Å². The summed E-state index contributed by atoms with van der Waals surface area (Å²) in [5.74, 6) is 0.930. The zero-order valence-electron chi connectivity index (χ0n) is 12.3. The smallest absolute Gasteiger partial charge is 0.123 e. The number of hydrogen-bond acceptors (Lipinski definition) is 2. The Morgan fingerprint density at radius 3 is 2.38 bits per heavy atom. The lowest BCUT2D eigenvalue weighted by Gasteiger charge is -2.36. The topological polar surface area (TPSA) is 21.3 Å².